The number of nitrogens with one attached hydrogen (secondary N) is 2. The molecular weight excluding hydrogens is 494 g/mol. The van der Waals surface area contributed by atoms with Crippen LogP contribution in [0.15, 0.2) is 42.5 Å². The zero-order valence-electron chi connectivity index (χ0n) is 23.3. The van der Waals surface area contributed by atoms with E-state index in [1.54, 1.807) is 4.90 Å². The minimum Gasteiger partial charge on any atom is -0.492 e. The zero-order valence-corrected chi connectivity index (χ0v) is 23.3. The van der Waals surface area contributed by atoms with Gasteiger partial charge in [-0.15, -0.1) is 0 Å². The fraction of sp³-hybridized carbons (Fsp3) is 0.567. The Morgan fingerprint density at radius 1 is 1.15 bits per heavy atom. The van der Waals surface area contributed by atoms with Crippen LogP contribution in [-0.2, 0) is 17.6 Å². The number of aromatic nitrogens is 1. The van der Waals surface area contributed by atoms with Crippen molar-refractivity contribution in [2.45, 2.75) is 70.4 Å². The van der Waals surface area contributed by atoms with Gasteiger partial charge in [0.2, 0.25) is 0 Å². The normalized spacial score (nSPS) is 16.5. The second-order valence-corrected chi connectivity index (χ2v) is 11.1. The molecule has 3 N–H and O–H groups in total. The van der Waals surface area contributed by atoms with Crippen LogP contribution in [0.5, 0.6) is 5.75 Å². The summed E-state index contributed by atoms with van der Waals surface area (Å²) in [5, 5.41) is 15.9. The number of likely N-dealkylation sites (tertiary alicyclic amines) is 1. The Morgan fingerprint density at radius 3 is 2.69 bits per heavy atom. The molecule has 0 spiro atoms. The van der Waals surface area contributed by atoms with Gasteiger partial charge in [0.25, 0.3) is 0 Å². The molecule has 0 radical (unpaired) electrons. The standard InChI is InChI=1S/C30H43N5O4/c1-30(2)16-20-35(30)29(38)33-26(28(36)37)15-19-34(21-22-39-25-11-4-3-5-12-25)18-7-6-10-24-14-13-23-9-8-17-31-27(23)32-24/h3-5,11-14,26H,6-10,15-22H2,1-2H3,(H,31,32)(H,33,38)(H,36,37). The van der Waals surface area contributed by atoms with Crippen LogP contribution in [0, 0.1) is 0 Å². The Morgan fingerprint density at radius 2 is 1.97 bits per heavy atom. The van der Waals surface area contributed by atoms with Gasteiger partial charge in [-0.2, -0.15) is 0 Å². The molecule has 1 atom stereocenters. The number of pyridine rings is 1. The van der Waals surface area contributed by atoms with Gasteiger partial charge in [-0.25, -0.2) is 14.6 Å². The molecule has 2 aliphatic heterocycles. The van der Waals surface area contributed by atoms with E-state index in [0.717, 1.165) is 68.9 Å². The molecule has 2 aliphatic rings. The summed E-state index contributed by atoms with van der Waals surface area (Å²) < 4.78 is 5.91. The Balaban J connectivity index is 1.28. The molecule has 3 heterocycles. The first kappa shape index (κ1) is 28.7. The molecule has 2 aromatic rings. The maximum absolute atomic E-state index is 12.7. The number of carbonyl (C=O) groups excluding carboxylic acids is 1. The van der Waals surface area contributed by atoms with Gasteiger partial charge in [-0.1, -0.05) is 24.3 Å². The number of para-hydroxylation sites is 1. The van der Waals surface area contributed by atoms with Crippen LogP contribution in [0.1, 0.15) is 57.2 Å². The fourth-order valence-electron chi connectivity index (χ4n) is 5.14. The predicted octanol–water partition coefficient (Wildman–Crippen LogP) is 4.18. The van der Waals surface area contributed by atoms with Gasteiger partial charge in [-0.3, -0.25) is 4.90 Å². The number of carboxylic acid groups (broad SMARTS) is 1. The van der Waals surface area contributed by atoms with E-state index in [1.807, 2.05) is 44.2 Å². The molecule has 9 nitrogen and oxygen atoms in total. The number of aryl methyl sites for hydroxylation is 2. The number of carbonyl (C=O) groups is 2. The summed E-state index contributed by atoms with van der Waals surface area (Å²) in [7, 11) is 0. The predicted molar refractivity (Wildman–Crippen MR) is 152 cm³/mol. The van der Waals surface area contributed by atoms with E-state index in [0.29, 0.717) is 32.7 Å². The Labute approximate surface area is 231 Å². The first-order valence-electron chi connectivity index (χ1n) is 14.3. The lowest BCUT2D eigenvalue weighted by atomic mass is 9.89. The summed E-state index contributed by atoms with van der Waals surface area (Å²) in [5.41, 5.74) is 2.17. The third kappa shape index (κ3) is 8.33. The lowest BCUT2D eigenvalue weighted by Gasteiger charge is -2.48. The lowest BCUT2D eigenvalue weighted by Crippen LogP contribution is -2.63. The van der Waals surface area contributed by atoms with Gasteiger partial charge in [0, 0.05) is 37.4 Å². The van der Waals surface area contributed by atoms with Crippen molar-refractivity contribution in [3.05, 3.63) is 53.7 Å². The topological polar surface area (TPSA) is 107 Å². The van der Waals surface area contributed by atoms with Gasteiger partial charge >= 0.3 is 12.0 Å². The highest BCUT2D eigenvalue weighted by atomic mass is 16.5. The number of nitrogens with zero attached hydrogens (tertiary/aromatic N) is 3. The van der Waals surface area contributed by atoms with Gasteiger partial charge in [0.05, 0.1) is 0 Å². The number of ether oxygens (including phenoxy) is 1. The minimum absolute atomic E-state index is 0.225. The van der Waals surface area contributed by atoms with Gasteiger partial charge in [0.1, 0.15) is 24.2 Å². The number of hydrogen-bond acceptors (Lipinski definition) is 6. The smallest absolute Gasteiger partial charge is 0.326 e. The number of unbranched alkanes of at least 4 members (excludes halogenated alkanes) is 1. The molecule has 212 valence electrons. The maximum Gasteiger partial charge on any atom is 0.326 e. The molecule has 1 aromatic carbocycles. The van der Waals surface area contributed by atoms with Gasteiger partial charge in [-0.05, 0) is 89.1 Å². The molecule has 1 fully saturated rings. The summed E-state index contributed by atoms with van der Waals surface area (Å²) in [6.07, 6.45) is 6.35. The first-order chi connectivity index (χ1) is 18.8. The number of urea groups is 1. The molecule has 2 amide bonds. The van der Waals surface area contributed by atoms with Crippen molar-refractivity contribution in [3.8, 4) is 5.75 Å². The third-order valence-electron chi connectivity index (χ3n) is 7.78. The summed E-state index contributed by atoms with van der Waals surface area (Å²) in [6, 6.07) is 12.8. The Bertz CT molecular complexity index is 1090. The summed E-state index contributed by atoms with van der Waals surface area (Å²) in [4.78, 5) is 33.4. The van der Waals surface area contributed by atoms with Crippen molar-refractivity contribution >= 4 is 17.8 Å². The molecule has 0 bridgehead atoms. The molecule has 1 saturated heterocycles. The number of benzene rings is 1. The molecule has 1 aromatic heterocycles. The average molecular weight is 538 g/mol. The molecule has 9 heteroatoms. The van der Waals surface area contributed by atoms with Crippen molar-refractivity contribution in [1.29, 1.82) is 0 Å². The second-order valence-electron chi connectivity index (χ2n) is 11.1. The van der Waals surface area contributed by atoms with Gasteiger partial charge in [0.15, 0.2) is 0 Å². The molecule has 4 rings (SSSR count). The van der Waals surface area contributed by atoms with E-state index in [-0.39, 0.29) is 11.6 Å². The van der Waals surface area contributed by atoms with E-state index >= 15 is 0 Å². The molecule has 0 aliphatic carbocycles. The average Bonchev–Trinajstić information content (AvgIpc) is 2.92. The van der Waals surface area contributed by atoms with Crippen molar-refractivity contribution in [2.75, 3.05) is 44.6 Å². The summed E-state index contributed by atoms with van der Waals surface area (Å²) in [5.74, 6) is 0.841. The van der Waals surface area contributed by atoms with Crippen LogP contribution in [0.4, 0.5) is 10.6 Å². The van der Waals surface area contributed by atoms with Crippen LogP contribution in [0.3, 0.4) is 0 Å². The van der Waals surface area contributed by atoms with E-state index in [1.165, 1.54) is 5.56 Å². The van der Waals surface area contributed by atoms with Crippen LogP contribution < -0.4 is 15.4 Å². The van der Waals surface area contributed by atoms with Crippen LogP contribution in [0.25, 0.3) is 0 Å². The van der Waals surface area contributed by atoms with E-state index < -0.39 is 12.0 Å². The first-order valence-corrected chi connectivity index (χ1v) is 14.3. The van der Waals surface area contributed by atoms with E-state index in [2.05, 4.69) is 27.7 Å². The van der Waals surface area contributed by atoms with Crippen LogP contribution >= 0.6 is 0 Å². The number of aliphatic carboxylic acids is 1. The van der Waals surface area contributed by atoms with Crippen molar-refractivity contribution < 1.29 is 19.4 Å². The Hall–Kier alpha value is -3.33. The van der Waals surface area contributed by atoms with Crippen LogP contribution in [0.2, 0.25) is 0 Å². The monoisotopic (exact) mass is 537 g/mol. The van der Waals surface area contributed by atoms with E-state index in [9.17, 15) is 14.7 Å². The van der Waals surface area contributed by atoms with Crippen LogP contribution in [-0.4, -0.2) is 82.8 Å². The summed E-state index contributed by atoms with van der Waals surface area (Å²) >= 11 is 0. The largest absolute Gasteiger partial charge is 0.492 e. The zero-order chi connectivity index (χ0) is 27.7. The van der Waals surface area contributed by atoms with Crippen molar-refractivity contribution in [2.24, 2.45) is 0 Å². The van der Waals surface area contributed by atoms with Crippen molar-refractivity contribution in [1.82, 2.24) is 20.1 Å². The molecular formula is C30H43N5O4. The van der Waals surface area contributed by atoms with Crippen molar-refractivity contribution in [3.63, 3.8) is 0 Å². The SMILES string of the molecule is CC1(C)CCN1C(=O)NC(CCN(CCCCc1ccc2c(n1)NCCC2)CCOc1ccccc1)C(=O)O. The number of fused-ring (bicyclic) bond motifs is 1. The number of carboxylic acids is 1. The highest BCUT2D eigenvalue weighted by Crippen LogP contribution is 2.29. The molecule has 39 heavy (non-hydrogen) atoms. The Kier molecular flexibility index (Phi) is 10.0. The molecule has 0 saturated carbocycles. The fourth-order valence-corrected chi connectivity index (χ4v) is 5.14. The highest BCUT2D eigenvalue weighted by Gasteiger charge is 2.40. The highest BCUT2D eigenvalue weighted by molar-refractivity contribution is 5.83. The quantitative estimate of drug-likeness (QED) is 0.310. The van der Waals surface area contributed by atoms with E-state index in [4.69, 9.17) is 9.72 Å². The van der Waals surface area contributed by atoms with Gasteiger partial charge < -0.3 is 25.4 Å². The maximum atomic E-state index is 12.7. The number of rotatable bonds is 14. The number of amides is 2. The minimum atomic E-state index is -1.01. The molecule has 1 unspecified atom stereocenters. The third-order valence-corrected chi connectivity index (χ3v) is 7.78. The second kappa shape index (κ2) is 13.6. The number of hydrogen-bond donors (Lipinski definition) is 3. The number of anilines is 1. The summed E-state index contributed by atoms with van der Waals surface area (Å²) in [6.45, 7) is 8.19. The lowest BCUT2D eigenvalue weighted by molar-refractivity contribution is -0.139.